The van der Waals surface area contributed by atoms with Crippen LogP contribution in [0.1, 0.15) is 14.9 Å². The zero-order valence-electron chi connectivity index (χ0n) is 4.57. The summed E-state index contributed by atoms with van der Waals surface area (Å²) >= 11 is 7.74. The topological polar surface area (TPSA) is 128 Å². The first-order valence-electron chi connectivity index (χ1n) is 1.43. The highest BCUT2D eigenvalue weighted by Gasteiger charge is 1.57. The number of hydrogen-bond acceptors (Lipinski definition) is 3. The third-order valence-corrected chi connectivity index (χ3v) is 0. The molecule has 0 aromatic rings. The van der Waals surface area contributed by atoms with Gasteiger partial charge in [-0.2, -0.15) is 0 Å². The van der Waals surface area contributed by atoms with E-state index in [0.717, 1.165) is 0 Å². The molecule has 0 aliphatic carbocycles. The number of aliphatic hydroxyl groups excluding tert-OH is 2. The molecule has 0 aliphatic rings. The van der Waals surface area contributed by atoms with Crippen LogP contribution in [0.2, 0.25) is 0 Å². The maximum atomic E-state index is 7.56. The van der Waals surface area contributed by atoms with Gasteiger partial charge in [0.1, 0.15) is 0 Å². The number of nitrogens with two attached hydrogens (primary N) is 2. The smallest absolute Gasteiger partial charge is 0.251 e. The number of rotatable bonds is 0. The Hall–Kier alpha value is -0.660. The Morgan fingerprint density at radius 1 is 0.909 bits per heavy atom. The lowest BCUT2D eigenvalue weighted by Crippen LogP contribution is -2.03. The molecule has 0 saturated heterocycles. The molecule has 5 nitrogen and oxygen atoms in total. The molecule has 0 atom stereocenters. The normalized spacial score (nSPS) is 4.36. The summed E-state index contributed by atoms with van der Waals surface area (Å²) in [5.74, 6) is 0. The average molecular weight is 203 g/mol. The Balaban J connectivity index is -0.0000000171. The molecule has 9 N–H and O–H groups in total. The molecule has 0 bridgehead atoms. The van der Waals surface area contributed by atoms with Crippen molar-refractivity contribution < 1.29 is 10.2 Å². The fourth-order valence-electron chi connectivity index (χ4n) is 0. The Kier molecular flexibility index (Phi) is 65.5. The van der Waals surface area contributed by atoms with Crippen LogP contribution in [-0.4, -0.2) is 20.6 Å². The summed E-state index contributed by atoms with van der Waals surface area (Å²) in [6.07, 6.45) is 0. The molecule has 72 valence electrons. The Labute approximate surface area is 78.0 Å². The minimum atomic E-state index is -0.500. The van der Waals surface area contributed by atoms with E-state index in [4.69, 9.17) is 10.2 Å². The summed E-state index contributed by atoms with van der Waals surface area (Å²) in [7, 11) is 0. The maximum Gasteiger partial charge on any atom is 0.251 e. The van der Waals surface area contributed by atoms with E-state index in [9.17, 15) is 0 Å². The van der Waals surface area contributed by atoms with Gasteiger partial charge in [-0.05, 0) is 24.4 Å². The zero-order chi connectivity index (χ0) is 7.15. The molecular weight excluding hydrogens is 186 g/mol. The van der Waals surface area contributed by atoms with Gasteiger partial charge < -0.3 is 27.8 Å². The number of hydrogen-bond donors (Lipinski definition) is 5. The summed E-state index contributed by atoms with van der Waals surface area (Å²) in [5, 5.41) is 14.1. The number of aliphatic hydroxyl groups is 2. The molecule has 0 radical (unpaired) electrons. The first kappa shape index (κ1) is 31.6. The second kappa shape index (κ2) is 22.8. The first-order valence-corrected chi connectivity index (χ1v) is 2.25. The van der Waals surface area contributed by atoms with Gasteiger partial charge in [-0.25, -0.2) is 0 Å². The standard InChI is InChI=1S/2CH3NOS.2CH4.H3N/c2*2-1(3)4;;;/h2*(H3,2,3,4);2*1H4;1H3. The van der Waals surface area contributed by atoms with E-state index >= 15 is 0 Å². The summed E-state index contributed by atoms with van der Waals surface area (Å²) < 4.78 is 0. The third kappa shape index (κ3) is 1160. The van der Waals surface area contributed by atoms with Gasteiger partial charge in [0.25, 0.3) is 10.3 Å². The third-order valence-electron chi connectivity index (χ3n) is 0. The number of thiocarbonyl (C=S) groups is 2. The van der Waals surface area contributed by atoms with Crippen molar-refractivity contribution in [2.45, 2.75) is 14.9 Å². The van der Waals surface area contributed by atoms with Crippen molar-refractivity contribution in [2.24, 2.45) is 11.5 Å². The van der Waals surface area contributed by atoms with Crippen molar-refractivity contribution in [3.05, 3.63) is 0 Å². The van der Waals surface area contributed by atoms with E-state index in [1.807, 2.05) is 0 Å². The molecule has 0 saturated carbocycles. The van der Waals surface area contributed by atoms with Gasteiger partial charge >= 0.3 is 0 Å². The minimum Gasteiger partial charge on any atom is -0.487 e. The summed E-state index contributed by atoms with van der Waals surface area (Å²) in [6, 6.07) is 0. The van der Waals surface area contributed by atoms with Gasteiger partial charge in [-0.1, -0.05) is 14.9 Å². The van der Waals surface area contributed by atoms with Crippen LogP contribution in [0.15, 0.2) is 0 Å². The van der Waals surface area contributed by atoms with Crippen LogP contribution in [-0.2, 0) is 0 Å². The largest absolute Gasteiger partial charge is 0.487 e. The predicted molar refractivity (Wildman–Crippen MR) is 57.3 cm³/mol. The molecule has 0 fully saturated rings. The monoisotopic (exact) mass is 203 g/mol. The van der Waals surface area contributed by atoms with Crippen molar-refractivity contribution >= 4 is 34.8 Å². The van der Waals surface area contributed by atoms with Crippen LogP contribution in [0.5, 0.6) is 0 Å². The molecule has 0 spiro atoms. The molecule has 0 aliphatic heterocycles. The molecule has 11 heavy (non-hydrogen) atoms. The summed E-state index contributed by atoms with van der Waals surface area (Å²) in [6.45, 7) is 0. The molecule has 0 unspecified atom stereocenters. The van der Waals surface area contributed by atoms with E-state index in [-0.39, 0.29) is 21.0 Å². The van der Waals surface area contributed by atoms with Crippen molar-refractivity contribution in [3.8, 4) is 0 Å². The highest BCUT2D eigenvalue weighted by molar-refractivity contribution is 7.80. The molecule has 0 heterocycles. The molecule has 0 aromatic carbocycles. The van der Waals surface area contributed by atoms with E-state index in [1.165, 1.54) is 0 Å². The Morgan fingerprint density at radius 2 is 0.909 bits per heavy atom. The van der Waals surface area contributed by atoms with E-state index in [2.05, 4.69) is 35.9 Å². The van der Waals surface area contributed by atoms with Crippen molar-refractivity contribution in [3.63, 3.8) is 0 Å². The van der Waals surface area contributed by atoms with Crippen molar-refractivity contribution in [1.82, 2.24) is 6.15 Å². The maximum absolute atomic E-state index is 7.56. The molecular formula is C4H17N3O2S2. The molecule has 7 heteroatoms. The average Bonchev–Trinajstić information content (AvgIpc) is 1.25. The van der Waals surface area contributed by atoms with Crippen LogP contribution in [0.3, 0.4) is 0 Å². The van der Waals surface area contributed by atoms with Gasteiger partial charge in [0.2, 0.25) is 0 Å². The van der Waals surface area contributed by atoms with Crippen LogP contribution in [0.25, 0.3) is 0 Å². The van der Waals surface area contributed by atoms with Gasteiger partial charge in [-0.15, -0.1) is 0 Å². The Morgan fingerprint density at radius 3 is 0.909 bits per heavy atom. The van der Waals surface area contributed by atoms with Crippen LogP contribution >= 0.6 is 24.4 Å². The van der Waals surface area contributed by atoms with Gasteiger partial charge in [0.15, 0.2) is 0 Å². The lowest BCUT2D eigenvalue weighted by atomic mass is 11.4. The summed E-state index contributed by atoms with van der Waals surface area (Å²) in [4.78, 5) is 0. The molecule has 0 aromatic heterocycles. The first-order chi connectivity index (χ1) is 3.46. The SMILES string of the molecule is C.C.N.NC(O)=S.NC(O)=S. The molecule has 0 amide bonds. The van der Waals surface area contributed by atoms with Gasteiger partial charge in [-0.3, -0.25) is 0 Å². The van der Waals surface area contributed by atoms with Crippen LogP contribution in [0.4, 0.5) is 0 Å². The second-order valence-electron chi connectivity index (χ2n) is 0.676. The lowest BCUT2D eigenvalue weighted by Gasteiger charge is -1.67. The lowest BCUT2D eigenvalue weighted by molar-refractivity contribution is 0.559. The highest BCUT2D eigenvalue weighted by Crippen LogP contribution is 1.40. The van der Waals surface area contributed by atoms with Gasteiger partial charge in [0, 0.05) is 0 Å². The Bertz CT molecular complexity index is 79.3. The van der Waals surface area contributed by atoms with E-state index < -0.39 is 10.3 Å². The van der Waals surface area contributed by atoms with Crippen molar-refractivity contribution in [1.29, 1.82) is 0 Å². The minimum absolute atomic E-state index is 0. The fraction of sp³-hybridized carbons (Fsp3) is 0.500. The zero-order valence-corrected chi connectivity index (χ0v) is 6.21. The fourth-order valence-corrected chi connectivity index (χ4v) is 0. The van der Waals surface area contributed by atoms with Gasteiger partial charge in [0.05, 0.1) is 0 Å². The van der Waals surface area contributed by atoms with Crippen LogP contribution < -0.4 is 17.6 Å². The quantitative estimate of drug-likeness (QED) is 0.372. The van der Waals surface area contributed by atoms with Crippen LogP contribution in [0, 0.1) is 0 Å². The summed E-state index contributed by atoms with van der Waals surface area (Å²) in [5.41, 5.74) is 8.80. The van der Waals surface area contributed by atoms with E-state index in [0.29, 0.717) is 0 Å². The van der Waals surface area contributed by atoms with E-state index in [1.54, 1.807) is 0 Å². The highest BCUT2D eigenvalue weighted by atomic mass is 32.1. The second-order valence-corrected chi connectivity index (χ2v) is 1.51. The predicted octanol–water partition coefficient (Wildman–Crippen LogP) is 1.01. The molecule has 0 rings (SSSR count). The van der Waals surface area contributed by atoms with Crippen molar-refractivity contribution in [2.75, 3.05) is 0 Å².